The predicted octanol–water partition coefficient (Wildman–Crippen LogP) is 3.06. The van der Waals surface area contributed by atoms with Gasteiger partial charge in [-0.25, -0.2) is 9.18 Å². The Morgan fingerprint density at radius 2 is 1.91 bits per heavy atom. The molecular formula is C16H13BrFNO3. The summed E-state index contributed by atoms with van der Waals surface area (Å²) in [5, 5.41) is 2.64. The number of carbonyl (C=O) groups is 2. The van der Waals surface area contributed by atoms with E-state index in [1.807, 2.05) is 24.3 Å². The van der Waals surface area contributed by atoms with Crippen molar-refractivity contribution in [1.29, 1.82) is 0 Å². The van der Waals surface area contributed by atoms with Gasteiger partial charge in [-0.1, -0.05) is 40.2 Å². The smallest absolute Gasteiger partial charge is 0.338 e. The van der Waals surface area contributed by atoms with Crippen molar-refractivity contribution in [3.8, 4) is 0 Å². The van der Waals surface area contributed by atoms with Crippen LogP contribution in [0.5, 0.6) is 0 Å². The molecule has 0 atom stereocenters. The van der Waals surface area contributed by atoms with Gasteiger partial charge in [0, 0.05) is 11.0 Å². The van der Waals surface area contributed by atoms with Gasteiger partial charge in [0.05, 0.1) is 5.56 Å². The summed E-state index contributed by atoms with van der Waals surface area (Å²) in [5.41, 5.74) is 0.978. The van der Waals surface area contributed by atoms with Gasteiger partial charge in [-0.2, -0.15) is 0 Å². The molecule has 0 aliphatic rings. The molecule has 0 aromatic heterocycles. The molecule has 0 aliphatic carbocycles. The molecule has 0 heterocycles. The number of rotatable bonds is 5. The van der Waals surface area contributed by atoms with Crippen LogP contribution in [0.25, 0.3) is 0 Å². The fraction of sp³-hybridized carbons (Fsp3) is 0.125. The lowest BCUT2D eigenvalue weighted by atomic mass is 10.2. The Morgan fingerprint density at radius 1 is 1.14 bits per heavy atom. The number of carbonyl (C=O) groups excluding carboxylic acids is 2. The highest BCUT2D eigenvalue weighted by atomic mass is 79.9. The summed E-state index contributed by atoms with van der Waals surface area (Å²) in [5.74, 6) is -1.70. The monoisotopic (exact) mass is 365 g/mol. The second kappa shape index (κ2) is 7.70. The normalized spacial score (nSPS) is 10.1. The van der Waals surface area contributed by atoms with Crippen LogP contribution in [0.1, 0.15) is 15.9 Å². The van der Waals surface area contributed by atoms with Crippen LogP contribution >= 0.6 is 15.9 Å². The van der Waals surface area contributed by atoms with Gasteiger partial charge >= 0.3 is 5.97 Å². The minimum atomic E-state index is -0.740. The molecule has 1 N–H and O–H groups in total. The zero-order valence-electron chi connectivity index (χ0n) is 11.5. The van der Waals surface area contributed by atoms with Gasteiger partial charge in [-0.15, -0.1) is 0 Å². The van der Waals surface area contributed by atoms with E-state index in [9.17, 15) is 14.0 Å². The third kappa shape index (κ3) is 4.66. The number of nitrogens with one attached hydrogen (secondary N) is 1. The molecule has 6 heteroatoms. The fourth-order valence-electron chi connectivity index (χ4n) is 1.72. The zero-order chi connectivity index (χ0) is 15.9. The number of benzene rings is 2. The van der Waals surface area contributed by atoms with Crippen molar-refractivity contribution in [3.05, 3.63) is 69.9 Å². The SMILES string of the molecule is O=C(COC(=O)c1cccc(F)c1)NCc1ccccc1Br. The van der Waals surface area contributed by atoms with E-state index in [4.69, 9.17) is 4.74 Å². The Hall–Kier alpha value is -2.21. The van der Waals surface area contributed by atoms with E-state index < -0.39 is 24.3 Å². The fourth-order valence-corrected chi connectivity index (χ4v) is 2.14. The topological polar surface area (TPSA) is 55.4 Å². The van der Waals surface area contributed by atoms with Crippen molar-refractivity contribution in [1.82, 2.24) is 5.32 Å². The third-order valence-electron chi connectivity index (χ3n) is 2.83. The minimum absolute atomic E-state index is 0.0682. The van der Waals surface area contributed by atoms with Crippen LogP contribution in [0, 0.1) is 5.82 Å². The maximum Gasteiger partial charge on any atom is 0.338 e. The average Bonchev–Trinajstić information content (AvgIpc) is 2.52. The van der Waals surface area contributed by atoms with Gasteiger partial charge in [0.1, 0.15) is 5.82 Å². The molecule has 2 rings (SSSR count). The number of esters is 1. The summed E-state index contributed by atoms with van der Waals surface area (Å²) in [7, 11) is 0. The summed E-state index contributed by atoms with van der Waals surface area (Å²) >= 11 is 3.37. The van der Waals surface area contributed by atoms with E-state index in [1.165, 1.54) is 18.2 Å². The predicted molar refractivity (Wildman–Crippen MR) is 82.7 cm³/mol. The van der Waals surface area contributed by atoms with Crippen molar-refractivity contribution in [2.45, 2.75) is 6.54 Å². The molecule has 0 saturated carbocycles. The van der Waals surface area contributed by atoms with E-state index in [0.29, 0.717) is 6.54 Å². The van der Waals surface area contributed by atoms with Gasteiger partial charge in [0.15, 0.2) is 6.61 Å². The lowest BCUT2D eigenvalue weighted by molar-refractivity contribution is -0.124. The number of halogens is 2. The third-order valence-corrected chi connectivity index (χ3v) is 3.60. The number of hydrogen-bond acceptors (Lipinski definition) is 3. The van der Waals surface area contributed by atoms with Gasteiger partial charge in [-0.05, 0) is 29.8 Å². The van der Waals surface area contributed by atoms with Crippen LogP contribution in [-0.2, 0) is 16.1 Å². The lowest BCUT2D eigenvalue weighted by Crippen LogP contribution is -2.28. The lowest BCUT2D eigenvalue weighted by Gasteiger charge is -2.08. The molecule has 114 valence electrons. The molecule has 4 nitrogen and oxygen atoms in total. The first-order valence-electron chi connectivity index (χ1n) is 6.49. The highest BCUT2D eigenvalue weighted by Gasteiger charge is 2.11. The molecule has 2 aromatic rings. The Labute approximate surface area is 135 Å². The molecule has 0 saturated heterocycles. The highest BCUT2D eigenvalue weighted by molar-refractivity contribution is 9.10. The summed E-state index contributed by atoms with van der Waals surface area (Å²) < 4.78 is 18.7. The van der Waals surface area contributed by atoms with Crippen molar-refractivity contribution < 1.29 is 18.7 Å². The Balaban J connectivity index is 1.81. The molecule has 0 radical (unpaired) electrons. The standard InChI is InChI=1S/C16H13BrFNO3/c17-14-7-2-1-4-12(14)9-19-15(20)10-22-16(21)11-5-3-6-13(18)8-11/h1-8H,9-10H2,(H,19,20). The van der Waals surface area contributed by atoms with Gasteiger partial charge in [-0.3, -0.25) is 4.79 Å². The maximum atomic E-state index is 13.0. The highest BCUT2D eigenvalue weighted by Crippen LogP contribution is 2.15. The first-order valence-corrected chi connectivity index (χ1v) is 7.28. The Morgan fingerprint density at radius 3 is 2.64 bits per heavy atom. The van der Waals surface area contributed by atoms with Crippen LogP contribution in [0.15, 0.2) is 53.0 Å². The number of ether oxygens (including phenoxy) is 1. The molecule has 1 amide bonds. The summed E-state index contributed by atoms with van der Waals surface area (Å²) in [6.45, 7) is -0.0996. The van der Waals surface area contributed by atoms with Crippen molar-refractivity contribution in [3.63, 3.8) is 0 Å². The van der Waals surface area contributed by atoms with E-state index in [-0.39, 0.29) is 5.56 Å². The maximum absolute atomic E-state index is 13.0. The largest absolute Gasteiger partial charge is 0.452 e. The Bertz CT molecular complexity index is 691. The van der Waals surface area contributed by atoms with Crippen LogP contribution in [-0.4, -0.2) is 18.5 Å². The first kappa shape index (κ1) is 16.2. The second-order valence-electron chi connectivity index (χ2n) is 4.45. The molecule has 0 bridgehead atoms. The summed E-state index contributed by atoms with van der Waals surface area (Å²) in [4.78, 5) is 23.3. The van der Waals surface area contributed by atoms with Crippen LogP contribution < -0.4 is 5.32 Å². The number of amides is 1. The molecule has 0 aliphatic heterocycles. The Kier molecular flexibility index (Phi) is 5.66. The van der Waals surface area contributed by atoms with Crippen molar-refractivity contribution in [2.75, 3.05) is 6.61 Å². The molecule has 0 fully saturated rings. The van der Waals surface area contributed by atoms with Gasteiger partial charge in [0.25, 0.3) is 5.91 Å². The summed E-state index contributed by atoms with van der Waals surface area (Å²) in [6, 6.07) is 12.6. The minimum Gasteiger partial charge on any atom is -0.452 e. The van der Waals surface area contributed by atoms with Crippen molar-refractivity contribution in [2.24, 2.45) is 0 Å². The molecule has 22 heavy (non-hydrogen) atoms. The zero-order valence-corrected chi connectivity index (χ0v) is 13.1. The van der Waals surface area contributed by atoms with E-state index >= 15 is 0 Å². The van der Waals surface area contributed by atoms with Gasteiger partial charge in [0.2, 0.25) is 0 Å². The molecule has 0 spiro atoms. The number of hydrogen-bond donors (Lipinski definition) is 1. The van der Waals surface area contributed by atoms with E-state index in [2.05, 4.69) is 21.2 Å². The second-order valence-corrected chi connectivity index (χ2v) is 5.31. The molecular weight excluding hydrogens is 353 g/mol. The molecule has 2 aromatic carbocycles. The molecule has 0 unspecified atom stereocenters. The van der Waals surface area contributed by atoms with E-state index in [0.717, 1.165) is 16.1 Å². The first-order chi connectivity index (χ1) is 10.6. The van der Waals surface area contributed by atoms with Gasteiger partial charge < -0.3 is 10.1 Å². The van der Waals surface area contributed by atoms with Crippen LogP contribution in [0.4, 0.5) is 4.39 Å². The van der Waals surface area contributed by atoms with Crippen LogP contribution in [0.3, 0.4) is 0 Å². The quantitative estimate of drug-likeness (QED) is 0.828. The summed E-state index contributed by atoms with van der Waals surface area (Å²) in [6.07, 6.45) is 0. The average molecular weight is 366 g/mol. The van der Waals surface area contributed by atoms with E-state index in [1.54, 1.807) is 0 Å². The van der Waals surface area contributed by atoms with Crippen molar-refractivity contribution >= 4 is 27.8 Å². The van der Waals surface area contributed by atoms with Crippen LogP contribution in [0.2, 0.25) is 0 Å².